The Morgan fingerprint density at radius 3 is 0.486 bits per heavy atom. The Morgan fingerprint density at radius 1 is 0.179 bits per heavy atom. The van der Waals surface area contributed by atoms with E-state index in [9.17, 15) is 0 Å². The molecule has 0 saturated heterocycles. The van der Waals surface area contributed by atoms with E-state index in [0.29, 0.717) is 45.9 Å². The molecular formula is C130H112N8O2. The van der Waals surface area contributed by atoms with E-state index < -0.39 is 0 Å². The molecule has 0 unspecified atom stereocenters. The van der Waals surface area contributed by atoms with Crippen LogP contribution in [-0.2, 0) is 0 Å². The van der Waals surface area contributed by atoms with Crippen LogP contribution in [0, 0.1) is 0 Å². The number of aromatic nitrogens is 8. The number of rotatable bonds is 16. The van der Waals surface area contributed by atoms with Crippen molar-refractivity contribution < 1.29 is 9.59 Å². The zero-order valence-corrected chi connectivity index (χ0v) is 82.2. The Kier molecular flexibility index (Phi) is 21.9. The predicted molar refractivity (Wildman–Crippen MR) is 591 cm³/mol. The molecule has 16 bridgehead atoms. The van der Waals surface area contributed by atoms with E-state index in [4.69, 9.17) is 19.9 Å². The number of carbonyl (C=O) groups excluding carboxylic acids is 2. The summed E-state index contributed by atoms with van der Waals surface area (Å²) in [5.41, 5.74) is 40.2. The molecule has 0 radical (unpaired) electrons. The average Bonchev–Trinajstić information content (AvgIpc) is 1.37. The topological polar surface area (TPSA) is 149 Å². The van der Waals surface area contributed by atoms with Gasteiger partial charge in [-0.1, -0.05) is 305 Å². The van der Waals surface area contributed by atoms with Crippen molar-refractivity contribution in [1.29, 1.82) is 0 Å². The zero-order chi connectivity index (χ0) is 96.2. The number of nitrogens with one attached hydrogen (secondary N) is 4. The number of hydrogen-bond acceptors (Lipinski definition) is 6. The normalized spacial score (nSPS) is 13.0. The summed E-state index contributed by atoms with van der Waals surface area (Å²) < 4.78 is 0. The van der Waals surface area contributed by atoms with Gasteiger partial charge in [0.1, 0.15) is 0 Å². The van der Waals surface area contributed by atoms with E-state index in [1.54, 1.807) is 0 Å². The zero-order valence-electron chi connectivity index (χ0n) is 82.2. The molecule has 23 rings (SSSR count). The summed E-state index contributed by atoms with van der Waals surface area (Å²) in [6.07, 6.45) is 17.4. The number of carbonyl (C=O) groups is 2. The summed E-state index contributed by atoms with van der Waals surface area (Å²) in [4.78, 5) is 73.1. The minimum Gasteiger partial charge on any atom is -0.354 e. The number of H-pyrrole nitrogens is 4. The van der Waals surface area contributed by atoms with Gasteiger partial charge in [-0.25, -0.2) is 19.9 Å². The molecule has 4 N–H and O–H groups in total. The molecule has 0 amide bonds. The highest BCUT2D eigenvalue weighted by Gasteiger charge is 2.34. The first-order valence-corrected chi connectivity index (χ1v) is 49.9. The quantitative estimate of drug-likeness (QED) is 0.0757. The van der Waals surface area contributed by atoms with Gasteiger partial charge < -0.3 is 19.9 Å². The third-order valence-corrected chi connectivity index (χ3v) is 29.8. The maximum atomic E-state index is 16.5. The fourth-order valence-electron chi connectivity index (χ4n) is 21.5. The lowest BCUT2D eigenvalue weighted by Crippen LogP contribution is -2.20. The van der Waals surface area contributed by atoms with Gasteiger partial charge in [0.15, 0.2) is 11.6 Å². The molecule has 5 aliphatic rings. The average molecular weight is 1820 g/mol. The van der Waals surface area contributed by atoms with E-state index in [1.807, 2.05) is 24.3 Å². The maximum Gasteiger partial charge on any atom is 0.194 e. The number of nitrogens with zero attached hydrogens (tertiary/aromatic N) is 4. The van der Waals surface area contributed by atoms with Gasteiger partial charge in [0.25, 0.3) is 0 Å². The van der Waals surface area contributed by atoms with Crippen LogP contribution in [0.5, 0.6) is 0 Å². The lowest BCUT2D eigenvalue weighted by molar-refractivity contribution is 0.0979. The molecule has 140 heavy (non-hydrogen) atoms. The van der Waals surface area contributed by atoms with Crippen molar-refractivity contribution in [1.82, 2.24) is 39.9 Å². The molecule has 18 aromatic rings. The second-order valence-corrected chi connectivity index (χ2v) is 41.3. The van der Waals surface area contributed by atoms with Gasteiger partial charge in [-0.3, -0.25) is 9.59 Å². The van der Waals surface area contributed by atoms with Gasteiger partial charge in [0.2, 0.25) is 0 Å². The summed E-state index contributed by atoms with van der Waals surface area (Å²) in [5.74, 6) is 1.99. The molecule has 4 aliphatic heterocycles. The first-order valence-electron chi connectivity index (χ1n) is 49.9. The summed E-state index contributed by atoms with van der Waals surface area (Å²) in [6.45, 7) is 35.8. The Bertz CT molecular complexity index is 7730. The molecule has 10 nitrogen and oxygen atoms in total. The first kappa shape index (κ1) is 88.2. The van der Waals surface area contributed by atoms with Crippen molar-refractivity contribution in [3.8, 4) is 89.0 Å². The molecule has 12 aromatic carbocycles. The van der Waals surface area contributed by atoms with Crippen molar-refractivity contribution in [2.45, 2.75) is 158 Å². The molecule has 0 fully saturated rings. The van der Waals surface area contributed by atoms with Gasteiger partial charge in [-0.05, 0) is 279 Å². The monoisotopic (exact) mass is 1820 g/mol. The van der Waals surface area contributed by atoms with E-state index in [0.717, 1.165) is 222 Å². The van der Waals surface area contributed by atoms with Crippen LogP contribution in [0.15, 0.2) is 267 Å². The van der Waals surface area contributed by atoms with Crippen LogP contribution in [0.2, 0.25) is 0 Å². The molecule has 10 heterocycles. The molecule has 0 atom stereocenters. The third kappa shape index (κ3) is 15.3. The van der Waals surface area contributed by atoms with Crippen LogP contribution in [0.1, 0.15) is 280 Å². The van der Waals surface area contributed by atoms with Crippen molar-refractivity contribution in [2.24, 2.45) is 0 Å². The number of fused-ring (bicyclic) bond motifs is 26. The maximum absolute atomic E-state index is 16.5. The number of ketones is 2. The molecule has 0 saturated carbocycles. The van der Waals surface area contributed by atoms with Crippen LogP contribution >= 0.6 is 0 Å². The highest BCUT2D eigenvalue weighted by molar-refractivity contribution is 6.32. The van der Waals surface area contributed by atoms with E-state index >= 15 is 9.59 Å². The Hall–Kier alpha value is -15.8. The van der Waals surface area contributed by atoms with E-state index in [-0.39, 0.29) is 35.2 Å². The molecule has 10 heteroatoms. The first-order chi connectivity index (χ1) is 67.8. The second-order valence-electron chi connectivity index (χ2n) is 41.3. The van der Waals surface area contributed by atoms with Crippen LogP contribution in [0.25, 0.3) is 225 Å². The summed E-state index contributed by atoms with van der Waals surface area (Å²) in [5, 5.41) is 6.82. The van der Waals surface area contributed by atoms with Crippen molar-refractivity contribution in [3.05, 3.63) is 379 Å². The summed E-state index contributed by atoms with van der Waals surface area (Å²) >= 11 is 0. The van der Waals surface area contributed by atoms with Crippen molar-refractivity contribution >= 4 is 147 Å². The highest BCUT2D eigenvalue weighted by Crippen LogP contribution is 2.50. The van der Waals surface area contributed by atoms with Crippen molar-refractivity contribution in [3.63, 3.8) is 0 Å². The molecule has 1 aliphatic carbocycles. The fraction of sp³-hybridized carbons (Fsp3) is 0.185. The third-order valence-electron chi connectivity index (χ3n) is 29.8. The van der Waals surface area contributed by atoms with Gasteiger partial charge in [0.05, 0.1) is 67.6 Å². The molecule has 6 aromatic heterocycles. The van der Waals surface area contributed by atoms with Gasteiger partial charge in [-0.2, -0.15) is 0 Å². The van der Waals surface area contributed by atoms with Gasteiger partial charge in [-0.15, -0.1) is 0 Å². The highest BCUT2D eigenvalue weighted by atomic mass is 16.1. The predicted octanol–water partition coefficient (Wildman–Crippen LogP) is 35.3. The Morgan fingerprint density at radius 2 is 0.329 bits per heavy atom. The summed E-state index contributed by atoms with van der Waals surface area (Å²) in [7, 11) is 0. The largest absolute Gasteiger partial charge is 0.354 e. The van der Waals surface area contributed by atoms with Crippen LogP contribution in [0.3, 0.4) is 0 Å². The molecule has 0 spiro atoms. The van der Waals surface area contributed by atoms with Crippen molar-refractivity contribution in [2.75, 3.05) is 0 Å². The minimum atomic E-state index is -0.230. The fourth-order valence-corrected chi connectivity index (χ4v) is 21.5. The standard InChI is InChI=1S/C130H112N8O2/c1-69(2)77-17-33-85(34-18-77)117-105-49-50-106(131-105)118(86-35-19-78(20-36-86)70(3)4)110-54-58-114(134-110)122(90-43-27-82(28-44-90)74(11)12)126-98-62-94-66-102-101(65-93(94)61-97(98)125(137-126)121(113-57-53-109(117)133-113)89-41-25-81(26-42-89)73(9)10)129(139)103-67-95-63-99-100(64-96(95)68-104(103)130(102)140)128-124(92-47-31-84(32-48-92)76(15)16)116-60-56-112(136-116)120(88-39-23-80(24-40-88)72(7)8)108-52-51-107(132-108)119(87-37-21-79(22-38-87)71(5)6)111-55-59-115(135-111)123(127(99)138-128)91-45-29-83(30-46-91)75(13)14/h17-76,131-132,137-138H,1-16H3. The van der Waals surface area contributed by atoms with Crippen LogP contribution < -0.4 is 0 Å². The van der Waals surface area contributed by atoms with Gasteiger partial charge in [0, 0.05) is 110 Å². The number of aromatic amines is 4. The minimum absolute atomic E-state index is 0.230. The van der Waals surface area contributed by atoms with E-state index in [1.165, 1.54) is 44.5 Å². The number of benzene rings is 12. The lowest BCUT2D eigenvalue weighted by atomic mass is 9.81. The van der Waals surface area contributed by atoms with Crippen LogP contribution in [-0.4, -0.2) is 51.4 Å². The number of hydrogen-bond donors (Lipinski definition) is 4. The smallest absolute Gasteiger partial charge is 0.194 e. The second kappa shape index (κ2) is 34.7. The Labute approximate surface area is 817 Å². The molecule has 684 valence electrons. The van der Waals surface area contributed by atoms with Gasteiger partial charge >= 0.3 is 0 Å². The van der Waals surface area contributed by atoms with Crippen LogP contribution in [0.4, 0.5) is 0 Å². The lowest BCUT2D eigenvalue weighted by Gasteiger charge is -2.19. The molecular weight excluding hydrogens is 1710 g/mol. The summed E-state index contributed by atoms with van der Waals surface area (Å²) in [6, 6.07) is 97.4. The Balaban J connectivity index is 0.798. The van der Waals surface area contributed by atoms with E-state index in [2.05, 4.69) is 422 Å². The SMILES string of the molecule is CC(C)c1ccc(-c2c3nc(c(-c4ccc(C(C)C)cc4)c4[nH]c(c(-c5ccc(C(C)C)cc5)c5nc(c(-c6ccc(C(C)C)cc6)c6ccc2[nH]6)C=C5)c2cc5cc6c(cc5cc42)C(=O)c2cc4cc5c7[nH]c(c(-c8ccc(C(C)C)cc8)c8nc(c(-c9ccc(C(C)C)cc9)c9ccc([nH]9)c(-c9ccc(C(C)C)cc9)c9nc(c7-c7ccc(C(C)C)cc7)C=C9)C=C8)c5cc4cc2C6=O)C=C3)cc1.